The maximum Gasteiger partial charge on any atom is 0.122 e. The summed E-state index contributed by atoms with van der Waals surface area (Å²) in [4.78, 5) is 0. The highest BCUT2D eigenvalue weighted by Gasteiger charge is 2.21. The van der Waals surface area contributed by atoms with Gasteiger partial charge in [0.1, 0.15) is 11.5 Å². The van der Waals surface area contributed by atoms with Gasteiger partial charge in [-0.05, 0) is 36.5 Å². The van der Waals surface area contributed by atoms with Crippen molar-refractivity contribution >= 4 is 0 Å². The van der Waals surface area contributed by atoms with Crippen molar-refractivity contribution in [2.45, 2.75) is 18.9 Å². The summed E-state index contributed by atoms with van der Waals surface area (Å²) in [6.45, 7) is 1.55. The smallest absolute Gasteiger partial charge is 0.122 e. The molecule has 1 aromatic carbocycles. The fraction of sp³-hybridized carbons (Fsp3) is 0.571. The van der Waals surface area contributed by atoms with E-state index in [1.165, 1.54) is 0 Å². The first-order valence-corrected chi connectivity index (χ1v) is 6.21. The van der Waals surface area contributed by atoms with E-state index < -0.39 is 6.10 Å². The number of aliphatic hydroxyl groups is 1. The Bertz CT molecular complexity index is 363. The Morgan fingerprint density at radius 1 is 1.28 bits per heavy atom. The molecular formula is C14H20O4. The molecule has 0 saturated carbocycles. The Morgan fingerprint density at radius 2 is 1.94 bits per heavy atom. The van der Waals surface area contributed by atoms with Crippen LogP contribution >= 0.6 is 0 Å². The predicted octanol–water partition coefficient (Wildman–Crippen LogP) is 2.16. The Hall–Kier alpha value is -1.26. The van der Waals surface area contributed by atoms with Crippen LogP contribution in [-0.4, -0.2) is 32.5 Å². The molecule has 1 aliphatic rings. The average molecular weight is 252 g/mol. The van der Waals surface area contributed by atoms with Crippen LogP contribution in [0.4, 0.5) is 0 Å². The fourth-order valence-electron chi connectivity index (χ4n) is 2.24. The molecule has 18 heavy (non-hydrogen) atoms. The van der Waals surface area contributed by atoms with Gasteiger partial charge in [0.05, 0.1) is 20.3 Å². The Morgan fingerprint density at radius 3 is 2.44 bits per heavy atom. The minimum Gasteiger partial charge on any atom is -0.497 e. The van der Waals surface area contributed by atoms with E-state index in [0.717, 1.165) is 31.6 Å². The Kier molecular flexibility index (Phi) is 4.44. The predicted molar refractivity (Wildman–Crippen MR) is 68.0 cm³/mol. The average Bonchev–Trinajstić information content (AvgIpc) is 2.90. The molecule has 1 fully saturated rings. The zero-order chi connectivity index (χ0) is 13.0. The molecule has 2 atom stereocenters. The number of hydrogen-bond acceptors (Lipinski definition) is 4. The lowest BCUT2D eigenvalue weighted by Crippen LogP contribution is -2.07. The summed E-state index contributed by atoms with van der Waals surface area (Å²) >= 11 is 0. The molecule has 1 N–H and O–H groups in total. The largest absolute Gasteiger partial charge is 0.497 e. The molecule has 0 aromatic heterocycles. The van der Waals surface area contributed by atoms with Gasteiger partial charge in [-0.25, -0.2) is 0 Å². The van der Waals surface area contributed by atoms with E-state index >= 15 is 0 Å². The van der Waals surface area contributed by atoms with Crippen molar-refractivity contribution in [3.63, 3.8) is 0 Å². The zero-order valence-corrected chi connectivity index (χ0v) is 10.9. The topological polar surface area (TPSA) is 47.9 Å². The van der Waals surface area contributed by atoms with Gasteiger partial charge in [-0.1, -0.05) is 0 Å². The van der Waals surface area contributed by atoms with E-state index in [9.17, 15) is 5.11 Å². The molecule has 1 saturated heterocycles. The van der Waals surface area contributed by atoms with Crippen LogP contribution in [0.3, 0.4) is 0 Å². The third-order valence-electron chi connectivity index (χ3n) is 3.34. The third kappa shape index (κ3) is 3.15. The first-order valence-electron chi connectivity index (χ1n) is 6.21. The second-order valence-electron chi connectivity index (χ2n) is 4.63. The molecule has 4 nitrogen and oxygen atoms in total. The second-order valence-corrected chi connectivity index (χ2v) is 4.63. The lowest BCUT2D eigenvalue weighted by atomic mass is 9.96. The summed E-state index contributed by atoms with van der Waals surface area (Å²) in [5.74, 6) is 1.84. The summed E-state index contributed by atoms with van der Waals surface area (Å²) in [5.41, 5.74) is 0.832. The van der Waals surface area contributed by atoms with Crippen molar-refractivity contribution in [1.82, 2.24) is 0 Å². The normalized spacial score (nSPS) is 20.7. The molecule has 1 heterocycles. The van der Waals surface area contributed by atoms with Gasteiger partial charge in [0.15, 0.2) is 0 Å². The van der Waals surface area contributed by atoms with Crippen LogP contribution in [0.1, 0.15) is 24.5 Å². The SMILES string of the molecule is COc1cc(OC)cc(C(O)CC2CCOC2)c1. The van der Waals surface area contributed by atoms with E-state index in [4.69, 9.17) is 14.2 Å². The van der Waals surface area contributed by atoms with Gasteiger partial charge in [0, 0.05) is 19.3 Å². The molecule has 0 amide bonds. The van der Waals surface area contributed by atoms with E-state index in [1.807, 2.05) is 12.1 Å². The maximum absolute atomic E-state index is 10.3. The van der Waals surface area contributed by atoms with Crippen LogP contribution in [0.2, 0.25) is 0 Å². The highest BCUT2D eigenvalue weighted by Crippen LogP contribution is 2.31. The van der Waals surface area contributed by atoms with E-state index in [1.54, 1.807) is 20.3 Å². The van der Waals surface area contributed by atoms with Gasteiger partial charge in [-0.2, -0.15) is 0 Å². The van der Waals surface area contributed by atoms with Crippen LogP contribution in [0.5, 0.6) is 11.5 Å². The van der Waals surface area contributed by atoms with Crippen molar-refractivity contribution < 1.29 is 19.3 Å². The number of rotatable bonds is 5. The highest BCUT2D eigenvalue weighted by molar-refractivity contribution is 5.39. The maximum atomic E-state index is 10.3. The van der Waals surface area contributed by atoms with Gasteiger partial charge in [-0.3, -0.25) is 0 Å². The first kappa shape index (κ1) is 13.2. The van der Waals surface area contributed by atoms with Gasteiger partial charge in [-0.15, -0.1) is 0 Å². The number of methoxy groups -OCH3 is 2. The Labute approximate surface area is 107 Å². The molecule has 0 aliphatic carbocycles. The molecule has 100 valence electrons. The molecular weight excluding hydrogens is 232 g/mol. The van der Waals surface area contributed by atoms with Crippen molar-refractivity contribution in [1.29, 1.82) is 0 Å². The minimum atomic E-state index is -0.499. The quantitative estimate of drug-likeness (QED) is 0.872. The van der Waals surface area contributed by atoms with Gasteiger partial charge < -0.3 is 19.3 Å². The van der Waals surface area contributed by atoms with Crippen molar-refractivity contribution in [2.24, 2.45) is 5.92 Å². The van der Waals surface area contributed by atoms with Crippen molar-refractivity contribution in [3.05, 3.63) is 23.8 Å². The van der Waals surface area contributed by atoms with Crippen molar-refractivity contribution in [3.8, 4) is 11.5 Å². The Balaban J connectivity index is 2.09. The lowest BCUT2D eigenvalue weighted by molar-refractivity contribution is 0.129. The summed E-state index contributed by atoms with van der Waals surface area (Å²) < 4.78 is 15.7. The molecule has 1 aromatic rings. The number of hydrogen-bond donors (Lipinski definition) is 1. The van der Waals surface area contributed by atoms with E-state index in [-0.39, 0.29) is 0 Å². The summed E-state index contributed by atoms with van der Waals surface area (Å²) in [5, 5.41) is 10.3. The van der Waals surface area contributed by atoms with Crippen LogP contribution in [0.25, 0.3) is 0 Å². The molecule has 1 aliphatic heterocycles. The summed E-state index contributed by atoms with van der Waals surface area (Å²) in [6.07, 6.45) is 1.25. The monoisotopic (exact) mass is 252 g/mol. The molecule has 4 heteroatoms. The van der Waals surface area contributed by atoms with Crippen molar-refractivity contribution in [2.75, 3.05) is 27.4 Å². The second kappa shape index (κ2) is 6.07. The molecule has 2 rings (SSSR count). The first-order chi connectivity index (χ1) is 8.72. The van der Waals surface area contributed by atoms with Crippen LogP contribution < -0.4 is 9.47 Å². The number of aliphatic hydroxyl groups excluding tert-OH is 1. The van der Waals surface area contributed by atoms with Crippen LogP contribution in [0.15, 0.2) is 18.2 Å². The molecule has 0 spiro atoms. The van der Waals surface area contributed by atoms with E-state index in [0.29, 0.717) is 17.4 Å². The molecule has 0 radical (unpaired) electrons. The summed E-state index contributed by atoms with van der Waals surface area (Å²) in [6, 6.07) is 5.50. The molecule has 0 bridgehead atoms. The van der Waals surface area contributed by atoms with Crippen LogP contribution in [0, 0.1) is 5.92 Å². The number of ether oxygens (including phenoxy) is 3. The van der Waals surface area contributed by atoms with Crippen LogP contribution in [-0.2, 0) is 4.74 Å². The van der Waals surface area contributed by atoms with Gasteiger partial charge in [0.2, 0.25) is 0 Å². The number of benzene rings is 1. The fourth-order valence-corrected chi connectivity index (χ4v) is 2.24. The molecule has 2 unspecified atom stereocenters. The van der Waals surface area contributed by atoms with Gasteiger partial charge >= 0.3 is 0 Å². The zero-order valence-electron chi connectivity index (χ0n) is 10.9. The highest BCUT2D eigenvalue weighted by atomic mass is 16.5. The summed E-state index contributed by atoms with van der Waals surface area (Å²) in [7, 11) is 3.21. The van der Waals surface area contributed by atoms with E-state index in [2.05, 4.69) is 0 Å². The lowest BCUT2D eigenvalue weighted by Gasteiger charge is -2.16. The van der Waals surface area contributed by atoms with Gasteiger partial charge in [0.25, 0.3) is 0 Å². The minimum absolute atomic E-state index is 0.442. The standard InChI is InChI=1S/C14H20O4/c1-16-12-6-11(7-13(8-12)17-2)14(15)5-10-3-4-18-9-10/h6-8,10,14-15H,3-5,9H2,1-2H3. The third-order valence-corrected chi connectivity index (χ3v) is 3.34.